The molecule has 1 amide bonds. The molecule has 1 unspecified atom stereocenters. The predicted octanol–water partition coefficient (Wildman–Crippen LogP) is 2.57. The van der Waals surface area contributed by atoms with Gasteiger partial charge in [-0.05, 0) is 63.3 Å². The van der Waals surface area contributed by atoms with Crippen LogP contribution in [0.4, 0.5) is 0 Å². The van der Waals surface area contributed by atoms with Crippen LogP contribution in [0.25, 0.3) is 0 Å². The topological polar surface area (TPSA) is 55.1 Å². The standard InChI is InChI=1S/C16H26N2O/c1-5-18-15(19)7-6-14(10-17)16-12(3)8-11(2)9-13(16)4/h8-9,14H,5-7,10,17H2,1-4H3,(H,18,19). The van der Waals surface area contributed by atoms with Crippen molar-refractivity contribution in [1.82, 2.24) is 5.32 Å². The average molecular weight is 262 g/mol. The van der Waals surface area contributed by atoms with Crippen LogP contribution in [0.3, 0.4) is 0 Å². The van der Waals surface area contributed by atoms with Gasteiger partial charge in [-0.25, -0.2) is 0 Å². The minimum Gasteiger partial charge on any atom is -0.356 e. The van der Waals surface area contributed by atoms with Gasteiger partial charge in [0.2, 0.25) is 5.91 Å². The predicted molar refractivity (Wildman–Crippen MR) is 80.4 cm³/mol. The smallest absolute Gasteiger partial charge is 0.220 e. The number of benzene rings is 1. The largest absolute Gasteiger partial charge is 0.356 e. The molecule has 3 heteroatoms. The number of carbonyl (C=O) groups excluding carboxylic acids is 1. The molecule has 0 radical (unpaired) electrons. The average Bonchev–Trinajstić information content (AvgIpc) is 2.32. The maximum Gasteiger partial charge on any atom is 0.220 e. The fraction of sp³-hybridized carbons (Fsp3) is 0.562. The molecular weight excluding hydrogens is 236 g/mol. The zero-order valence-corrected chi connectivity index (χ0v) is 12.5. The molecule has 1 rings (SSSR count). The third-order valence-corrected chi connectivity index (χ3v) is 3.52. The second kappa shape index (κ2) is 7.29. The third-order valence-electron chi connectivity index (χ3n) is 3.52. The van der Waals surface area contributed by atoms with Crippen LogP contribution in [0.1, 0.15) is 47.9 Å². The molecule has 0 aliphatic rings. The van der Waals surface area contributed by atoms with Crippen LogP contribution in [0.2, 0.25) is 0 Å². The number of hydrogen-bond donors (Lipinski definition) is 2. The summed E-state index contributed by atoms with van der Waals surface area (Å²) in [4.78, 5) is 11.6. The lowest BCUT2D eigenvalue weighted by atomic mass is 9.86. The highest BCUT2D eigenvalue weighted by molar-refractivity contribution is 5.75. The van der Waals surface area contributed by atoms with Crippen molar-refractivity contribution in [2.45, 2.75) is 46.5 Å². The Balaban J connectivity index is 2.83. The fourth-order valence-electron chi connectivity index (χ4n) is 2.81. The van der Waals surface area contributed by atoms with E-state index in [0.29, 0.717) is 19.5 Å². The number of rotatable bonds is 6. The van der Waals surface area contributed by atoms with Crippen molar-refractivity contribution in [1.29, 1.82) is 0 Å². The van der Waals surface area contributed by atoms with Gasteiger partial charge < -0.3 is 11.1 Å². The molecule has 106 valence electrons. The molecule has 1 aromatic carbocycles. The Hall–Kier alpha value is -1.35. The summed E-state index contributed by atoms with van der Waals surface area (Å²) in [6.45, 7) is 9.58. The summed E-state index contributed by atoms with van der Waals surface area (Å²) in [5.74, 6) is 0.381. The molecule has 1 aromatic rings. The van der Waals surface area contributed by atoms with Crippen molar-refractivity contribution in [3.8, 4) is 0 Å². The molecule has 0 aliphatic carbocycles. The highest BCUT2D eigenvalue weighted by atomic mass is 16.1. The summed E-state index contributed by atoms with van der Waals surface area (Å²) >= 11 is 0. The molecule has 0 fully saturated rings. The van der Waals surface area contributed by atoms with Gasteiger partial charge in [-0.3, -0.25) is 4.79 Å². The molecule has 1 atom stereocenters. The van der Waals surface area contributed by atoms with Gasteiger partial charge in [0, 0.05) is 13.0 Å². The Kier molecular flexibility index (Phi) is 6.03. The molecule has 0 aromatic heterocycles. The maximum atomic E-state index is 11.6. The minimum atomic E-state index is 0.114. The van der Waals surface area contributed by atoms with Gasteiger partial charge in [0.15, 0.2) is 0 Å². The van der Waals surface area contributed by atoms with Gasteiger partial charge in [-0.2, -0.15) is 0 Å². The summed E-state index contributed by atoms with van der Waals surface area (Å²) in [6.07, 6.45) is 1.36. The van der Waals surface area contributed by atoms with E-state index in [-0.39, 0.29) is 11.8 Å². The molecule has 3 N–H and O–H groups in total. The molecule has 3 nitrogen and oxygen atoms in total. The van der Waals surface area contributed by atoms with Gasteiger partial charge in [-0.15, -0.1) is 0 Å². The summed E-state index contributed by atoms with van der Waals surface area (Å²) in [5, 5.41) is 2.84. The van der Waals surface area contributed by atoms with Crippen LogP contribution in [0, 0.1) is 20.8 Å². The summed E-state index contributed by atoms with van der Waals surface area (Å²) < 4.78 is 0. The van der Waals surface area contributed by atoms with Crippen LogP contribution in [0.15, 0.2) is 12.1 Å². The third kappa shape index (κ3) is 4.35. The Morgan fingerprint density at radius 1 is 1.26 bits per heavy atom. The quantitative estimate of drug-likeness (QED) is 0.828. The first-order chi connectivity index (χ1) is 8.99. The van der Waals surface area contributed by atoms with E-state index in [2.05, 4.69) is 38.2 Å². The monoisotopic (exact) mass is 262 g/mol. The van der Waals surface area contributed by atoms with Crippen molar-refractivity contribution in [2.24, 2.45) is 5.73 Å². The fourth-order valence-corrected chi connectivity index (χ4v) is 2.81. The lowest BCUT2D eigenvalue weighted by molar-refractivity contribution is -0.121. The van der Waals surface area contributed by atoms with Crippen molar-refractivity contribution in [3.05, 3.63) is 34.4 Å². The lowest BCUT2D eigenvalue weighted by Crippen LogP contribution is -2.24. The van der Waals surface area contributed by atoms with Crippen molar-refractivity contribution < 1.29 is 4.79 Å². The second-order valence-electron chi connectivity index (χ2n) is 5.24. The van der Waals surface area contributed by atoms with Crippen molar-refractivity contribution in [2.75, 3.05) is 13.1 Å². The van der Waals surface area contributed by atoms with Crippen molar-refractivity contribution >= 4 is 5.91 Å². The molecular formula is C16H26N2O. The van der Waals surface area contributed by atoms with E-state index >= 15 is 0 Å². The van der Waals surface area contributed by atoms with Crippen LogP contribution < -0.4 is 11.1 Å². The van der Waals surface area contributed by atoms with E-state index in [4.69, 9.17) is 5.73 Å². The van der Waals surface area contributed by atoms with Gasteiger partial charge in [-0.1, -0.05) is 17.7 Å². The molecule has 0 aliphatic heterocycles. The van der Waals surface area contributed by atoms with Gasteiger partial charge in [0.25, 0.3) is 0 Å². The van der Waals surface area contributed by atoms with Gasteiger partial charge in [0.1, 0.15) is 0 Å². The minimum absolute atomic E-state index is 0.114. The molecule has 0 bridgehead atoms. The summed E-state index contributed by atoms with van der Waals surface area (Å²) in [5.41, 5.74) is 11.1. The number of carbonyl (C=O) groups is 1. The number of nitrogens with one attached hydrogen (secondary N) is 1. The van der Waals surface area contributed by atoms with E-state index < -0.39 is 0 Å². The normalized spacial score (nSPS) is 12.3. The summed E-state index contributed by atoms with van der Waals surface area (Å²) in [7, 11) is 0. The Morgan fingerprint density at radius 2 is 1.84 bits per heavy atom. The van der Waals surface area contributed by atoms with Crippen LogP contribution in [0.5, 0.6) is 0 Å². The Morgan fingerprint density at radius 3 is 2.32 bits per heavy atom. The van der Waals surface area contributed by atoms with E-state index in [1.807, 2.05) is 6.92 Å². The Bertz CT molecular complexity index is 417. The highest BCUT2D eigenvalue weighted by Crippen LogP contribution is 2.28. The van der Waals surface area contributed by atoms with Crippen LogP contribution in [-0.4, -0.2) is 19.0 Å². The van der Waals surface area contributed by atoms with Crippen LogP contribution >= 0.6 is 0 Å². The first-order valence-electron chi connectivity index (χ1n) is 7.04. The molecule has 0 heterocycles. The van der Waals surface area contributed by atoms with Crippen molar-refractivity contribution in [3.63, 3.8) is 0 Å². The van der Waals surface area contributed by atoms with E-state index in [0.717, 1.165) is 6.42 Å². The zero-order valence-electron chi connectivity index (χ0n) is 12.5. The molecule has 0 spiro atoms. The van der Waals surface area contributed by atoms with E-state index in [1.54, 1.807) is 0 Å². The number of nitrogens with two attached hydrogens (primary N) is 1. The lowest BCUT2D eigenvalue weighted by Gasteiger charge is -2.20. The summed E-state index contributed by atoms with van der Waals surface area (Å²) in [6, 6.07) is 4.38. The highest BCUT2D eigenvalue weighted by Gasteiger charge is 2.16. The second-order valence-corrected chi connectivity index (χ2v) is 5.24. The molecule has 0 saturated heterocycles. The maximum absolute atomic E-state index is 11.6. The first-order valence-corrected chi connectivity index (χ1v) is 7.04. The Labute approximate surface area is 116 Å². The first kappa shape index (κ1) is 15.7. The van der Waals surface area contributed by atoms with E-state index in [9.17, 15) is 4.79 Å². The number of aryl methyl sites for hydroxylation is 3. The van der Waals surface area contributed by atoms with Gasteiger partial charge in [0.05, 0.1) is 0 Å². The SMILES string of the molecule is CCNC(=O)CCC(CN)c1c(C)cc(C)cc1C. The number of hydrogen-bond acceptors (Lipinski definition) is 2. The van der Waals surface area contributed by atoms with Crippen LogP contribution in [-0.2, 0) is 4.79 Å². The molecule has 0 saturated carbocycles. The zero-order chi connectivity index (χ0) is 14.4. The number of amides is 1. The van der Waals surface area contributed by atoms with E-state index in [1.165, 1.54) is 22.3 Å². The van der Waals surface area contributed by atoms with Gasteiger partial charge >= 0.3 is 0 Å². The molecule has 19 heavy (non-hydrogen) atoms.